The Bertz CT molecular complexity index is 1230. The summed E-state index contributed by atoms with van der Waals surface area (Å²) in [6.45, 7) is 2.48. The first-order valence-corrected chi connectivity index (χ1v) is 9.86. The Labute approximate surface area is 180 Å². The Morgan fingerprint density at radius 2 is 1.77 bits per heavy atom. The largest absolute Gasteiger partial charge is 0.348 e. The lowest BCUT2D eigenvalue weighted by Crippen LogP contribution is -2.23. The molecule has 1 amide bonds. The number of hydrogen-bond donors (Lipinski definition) is 2. The number of aromatic nitrogens is 2. The van der Waals surface area contributed by atoms with Gasteiger partial charge in [0.2, 0.25) is 0 Å². The first-order chi connectivity index (χ1) is 15.1. The van der Waals surface area contributed by atoms with Crippen molar-refractivity contribution in [3.8, 4) is 11.3 Å². The Morgan fingerprint density at radius 1 is 0.935 bits per heavy atom. The smallest absolute Gasteiger partial charge is 0.251 e. The molecule has 0 atom stereocenters. The van der Waals surface area contributed by atoms with Gasteiger partial charge in [-0.15, -0.1) is 0 Å². The van der Waals surface area contributed by atoms with Crippen LogP contribution in [0.25, 0.3) is 11.3 Å². The Hall–Kier alpha value is -4.06. The van der Waals surface area contributed by atoms with Gasteiger partial charge in [0, 0.05) is 29.4 Å². The predicted molar refractivity (Wildman–Crippen MR) is 119 cm³/mol. The van der Waals surface area contributed by atoms with Crippen molar-refractivity contribution in [2.45, 2.75) is 13.5 Å². The van der Waals surface area contributed by atoms with E-state index >= 15 is 0 Å². The number of carbonyl (C=O) groups is 1. The summed E-state index contributed by atoms with van der Waals surface area (Å²) in [5.74, 6) is 0.0665. The number of rotatable bonds is 6. The highest BCUT2D eigenvalue weighted by molar-refractivity contribution is 5.95. The van der Waals surface area contributed by atoms with Gasteiger partial charge in [0.25, 0.3) is 5.91 Å². The number of halogens is 1. The van der Waals surface area contributed by atoms with Crippen LogP contribution in [-0.4, -0.2) is 15.9 Å². The first kappa shape index (κ1) is 20.2. The minimum Gasteiger partial charge on any atom is -0.348 e. The van der Waals surface area contributed by atoms with Crippen LogP contribution in [0.2, 0.25) is 0 Å². The quantitative estimate of drug-likeness (QED) is 0.453. The lowest BCUT2D eigenvalue weighted by molar-refractivity contribution is 0.0951. The lowest BCUT2D eigenvalue weighted by atomic mass is 10.1. The summed E-state index contributed by atoms with van der Waals surface area (Å²) in [6.07, 6.45) is 1.42. The maximum absolute atomic E-state index is 13.5. The van der Waals surface area contributed by atoms with Crippen molar-refractivity contribution in [1.29, 1.82) is 0 Å². The highest BCUT2D eigenvalue weighted by Gasteiger charge is 2.08. The molecule has 4 rings (SSSR count). The molecule has 4 aromatic rings. The van der Waals surface area contributed by atoms with Crippen molar-refractivity contribution in [2.75, 3.05) is 5.32 Å². The average molecular weight is 412 g/mol. The van der Waals surface area contributed by atoms with Crippen molar-refractivity contribution in [3.05, 3.63) is 108 Å². The fourth-order valence-corrected chi connectivity index (χ4v) is 3.20. The molecule has 31 heavy (non-hydrogen) atoms. The molecule has 0 fully saturated rings. The Kier molecular flexibility index (Phi) is 5.98. The SMILES string of the molecule is Cc1ccccc1CNC(=O)c1cccc(Nc2cc(-c3cccc(F)c3)ncn2)c1. The van der Waals surface area contributed by atoms with Crippen LogP contribution in [0.4, 0.5) is 15.9 Å². The molecule has 0 unspecified atom stereocenters. The summed E-state index contributed by atoms with van der Waals surface area (Å²) >= 11 is 0. The molecular formula is C25H21FN4O. The third kappa shape index (κ3) is 5.11. The van der Waals surface area contributed by atoms with E-state index in [-0.39, 0.29) is 11.7 Å². The average Bonchev–Trinajstić information content (AvgIpc) is 2.79. The van der Waals surface area contributed by atoms with E-state index in [1.807, 2.05) is 37.3 Å². The van der Waals surface area contributed by atoms with Crippen LogP contribution in [0.1, 0.15) is 21.5 Å². The van der Waals surface area contributed by atoms with E-state index in [0.29, 0.717) is 34.9 Å². The number of hydrogen-bond acceptors (Lipinski definition) is 4. The van der Waals surface area contributed by atoms with E-state index in [0.717, 1.165) is 11.1 Å². The van der Waals surface area contributed by atoms with Gasteiger partial charge in [-0.3, -0.25) is 4.79 Å². The van der Waals surface area contributed by atoms with Crippen LogP contribution in [-0.2, 0) is 6.54 Å². The molecule has 154 valence electrons. The summed E-state index contributed by atoms with van der Waals surface area (Å²) in [6, 6.07) is 23.1. The molecule has 0 bridgehead atoms. The zero-order valence-electron chi connectivity index (χ0n) is 17.0. The van der Waals surface area contributed by atoms with E-state index in [4.69, 9.17) is 0 Å². The van der Waals surface area contributed by atoms with Crippen molar-refractivity contribution in [1.82, 2.24) is 15.3 Å². The summed E-state index contributed by atoms with van der Waals surface area (Å²) in [4.78, 5) is 21.0. The minimum atomic E-state index is -0.324. The third-order valence-corrected chi connectivity index (χ3v) is 4.89. The van der Waals surface area contributed by atoms with Crippen molar-refractivity contribution in [2.24, 2.45) is 0 Å². The van der Waals surface area contributed by atoms with Gasteiger partial charge in [-0.1, -0.05) is 42.5 Å². The molecular weight excluding hydrogens is 391 g/mol. The summed E-state index contributed by atoms with van der Waals surface area (Å²) in [5, 5.41) is 6.14. The van der Waals surface area contributed by atoms with E-state index < -0.39 is 0 Å². The molecule has 3 aromatic carbocycles. The number of nitrogens with one attached hydrogen (secondary N) is 2. The Morgan fingerprint density at radius 3 is 2.61 bits per heavy atom. The van der Waals surface area contributed by atoms with Gasteiger partial charge in [-0.2, -0.15) is 0 Å². The number of amides is 1. The van der Waals surface area contributed by atoms with E-state index in [9.17, 15) is 9.18 Å². The molecule has 0 saturated carbocycles. The maximum Gasteiger partial charge on any atom is 0.251 e. The minimum absolute atomic E-state index is 0.157. The number of aryl methyl sites for hydroxylation is 1. The van der Waals surface area contributed by atoms with Crippen LogP contribution in [0.5, 0.6) is 0 Å². The molecule has 0 aliphatic heterocycles. The third-order valence-electron chi connectivity index (χ3n) is 4.89. The maximum atomic E-state index is 13.5. The van der Waals surface area contributed by atoms with Gasteiger partial charge in [-0.25, -0.2) is 14.4 Å². The number of nitrogens with zero attached hydrogens (tertiary/aromatic N) is 2. The summed E-state index contributed by atoms with van der Waals surface area (Å²) in [7, 11) is 0. The van der Waals surface area contributed by atoms with Crippen molar-refractivity contribution >= 4 is 17.4 Å². The molecule has 1 heterocycles. The fraction of sp³-hybridized carbons (Fsp3) is 0.0800. The van der Waals surface area contributed by atoms with Crippen LogP contribution in [0, 0.1) is 12.7 Å². The van der Waals surface area contributed by atoms with Gasteiger partial charge in [0.15, 0.2) is 0 Å². The Balaban J connectivity index is 1.47. The van der Waals surface area contributed by atoms with Gasteiger partial charge in [-0.05, 0) is 48.4 Å². The monoisotopic (exact) mass is 412 g/mol. The second kappa shape index (κ2) is 9.17. The molecule has 0 aliphatic rings. The standard InChI is InChI=1S/C25H21FN4O/c1-17-6-2-3-7-20(17)15-27-25(31)19-9-5-11-22(13-19)30-24-14-23(28-16-29-24)18-8-4-10-21(26)12-18/h2-14,16H,15H2,1H3,(H,27,31)(H,28,29,30). The highest BCUT2D eigenvalue weighted by Crippen LogP contribution is 2.22. The summed E-state index contributed by atoms with van der Waals surface area (Å²) in [5.41, 5.74) is 4.73. The van der Waals surface area contributed by atoms with Crippen LogP contribution < -0.4 is 10.6 Å². The second-order valence-corrected chi connectivity index (χ2v) is 7.11. The molecule has 1 aromatic heterocycles. The highest BCUT2D eigenvalue weighted by atomic mass is 19.1. The molecule has 0 aliphatic carbocycles. The normalized spacial score (nSPS) is 10.5. The van der Waals surface area contributed by atoms with Gasteiger partial charge in [0.05, 0.1) is 5.69 Å². The zero-order chi connectivity index (χ0) is 21.6. The number of benzene rings is 3. The van der Waals surface area contributed by atoms with Gasteiger partial charge < -0.3 is 10.6 Å². The van der Waals surface area contributed by atoms with E-state index in [1.54, 1.807) is 36.4 Å². The molecule has 0 radical (unpaired) electrons. The molecule has 2 N–H and O–H groups in total. The summed E-state index contributed by atoms with van der Waals surface area (Å²) < 4.78 is 13.5. The van der Waals surface area contributed by atoms with Crippen molar-refractivity contribution < 1.29 is 9.18 Å². The fourth-order valence-electron chi connectivity index (χ4n) is 3.20. The lowest BCUT2D eigenvalue weighted by Gasteiger charge is -2.10. The topological polar surface area (TPSA) is 66.9 Å². The molecule has 5 nitrogen and oxygen atoms in total. The van der Waals surface area contributed by atoms with Crippen LogP contribution >= 0.6 is 0 Å². The van der Waals surface area contributed by atoms with E-state index in [1.165, 1.54) is 18.5 Å². The molecule has 6 heteroatoms. The van der Waals surface area contributed by atoms with Crippen LogP contribution in [0.3, 0.4) is 0 Å². The molecule has 0 spiro atoms. The second-order valence-electron chi connectivity index (χ2n) is 7.11. The van der Waals surface area contributed by atoms with Gasteiger partial charge >= 0.3 is 0 Å². The predicted octanol–water partition coefficient (Wildman–Crippen LogP) is 5.26. The van der Waals surface area contributed by atoms with Gasteiger partial charge in [0.1, 0.15) is 18.0 Å². The van der Waals surface area contributed by atoms with E-state index in [2.05, 4.69) is 20.6 Å². The zero-order valence-corrected chi connectivity index (χ0v) is 17.0. The van der Waals surface area contributed by atoms with Crippen molar-refractivity contribution in [3.63, 3.8) is 0 Å². The number of anilines is 2. The number of carbonyl (C=O) groups excluding carboxylic acids is 1. The van der Waals surface area contributed by atoms with Crippen LogP contribution in [0.15, 0.2) is 85.2 Å². The molecule has 0 saturated heterocycles. The first-order valence-electron chi connectivity index (χ1n) is 9.86.